The van der Waals surface area contributed by atoms with Gasteiger partial charge in [-0.05, 0) is 50.4 Å². The number of hydrogen-bond acceptors (Lipinski definition) is 6. The molecule has 0 amide bonds. The first-order valence-electron chi connectivity index (χ1n) is 10.1. The zero-order valence-corrected chi connectivity index (χ0v) is 17.5. The smallest absolute Gasteiger partial charge is 0.246 e. The van der Waals surface area contributed by atoms with Crippen molar-refractivity contribution in [2.45, 2.75) is 45.2 Å². The average Bonchev–Trinajstić information content (AvgIpc) is 3.15. The molecule has 0 aliphatic carbocycles. The van der Waals surface area contributed by atoms with Crippen LogP contribution < -0.4 is 10.6 Å². The van der Waals surface area contributed by atoms with Crippen LogP contribution in [-0.4, -0.2) is 65.0 Å². The van der Waals surface area contributed by atoms with Crippen LogP contribution in [0, 0.1) is 0 Å². The van der Waals surface area contributed by atoms with Gasteiger partial charge in [0, 0.05) is 36.8 Å². The largest absolute Gasteiger partial charge is 0.380 e. The Morgan fingerprint density at radius 1 is 1.29 bits per heavy atom. The predicted octanol–water partition coefficient (Wildman–Crippen LogP) is 2.98. The fourth-order valence-corrected chi connectivity index (χ4v) is 4.16. The molecule has 3 rings (SSSR count). The number of halogens is 1. The van der Waals surface area contributed by atoms with Crippen molar-refractivity contribution >= 4 is 23.5 Å². The maximum atomic E-state index is 6.05. The van der Waals surface area contributed by atoms with Gasteiger partial charge in [-0.25, -0.2) is 5.10 Å². The molecule has 0 radical (unpaired) electrons. The molecule has 3 N–H and O–H groups in total. The highest BCUT2D eigenvalue weighted by molar-refractivity contribution is 6.30. The summed E-state index contributed by atoms with van der Waals surface area (Å²) in [7, 11) is 0. The number of hydrogen-bond donors (Lipinski definition) is 2. The quantitative estimate of drug-likeness (QED) is 0.666. The summed E-state index contributed by atoms with van der Waals surface area (Å²) in [5.74, 6) is 1.07. The third-order valence-electron chi connectivity index (χ3n) is 5.44. The van der Waals surface area contributed by atoms with E-state index in [1.807, 2.05) is 12.1 Å². The van der Waals surface area contributed by atoms with Crippen molar-refractivity contribution in [2.24, 2.45) is 0 Å². The molecule has 0 saturated carbocycles. The van der Waals surface area contributed by atoms with Crippen LogP contribution in [0.4, 0.5) is 11.9 Å². The van der Waals surface area contributed by atoms with Crippen molar-refractivity contribution < 1.29 is 4.74 Å². The molecule has 1 fully saturated rings. The van der Waals surface area contributed by atoms with E-state index in [0.717, 1.165) is 57.1 Å². The summed E-state index contributed by atoms with van der Waals surface area (Å²) in [6.07, 6.45) is 3.11. The highest BCUT2D eigenvalue weighted by Crippen LogP contribution is 2.23. The first-order valence-corrected chi connectivity index (χ1v) is 10.5. The summed E-state index contributed by atoms with van der Waals surface area (Å²) in [6, 6.07) is 9.03. The fraction of sp³-hybridized carbons (Fsp3) is 0.600. The molecule has 2 heterocycles. The van der Waals surface area contributed by atoms with Crippen molar-refractivity contribution in [1.82, 2.24) is 20.1 Å². The molecule has 1 aliphatic heterocycles. The standard InChI is InChI=1S/C20H31ClN6O/c1-3-27(17-9-11-26(12-10-17)20-23-19(22)24-25-20)18(14-28-4-2)13-15-5-7-16(21)8-6-15/h5-8,17-18H,3-4,9-14H2,1-2H3,(H3,22,23,24,25)/t18-/m1/s1. The Hall–Kier alpha value is -1.83. The van der Waals surface area contributed by atoms with Crippen LogP contribution in [0.25, 0.3) is 0 Å². The normalized spacial score (nSPS) is 16.6. The van der Waals surface area contributed by atoms with Gasteiger partial charge in [0.15, 0.2) is 0 Å². The van der Waals surface area contributed by atoms with Crippen LogP contribution in [0.15, 0.2) is 24.3 Å². The van der Waals surface area contributed by atoms with Gasteiger partial charge in [0.05, 0.1) is 6.61 Å². The van der Waals surface area contributed by atoms with Crippen LogP contribution in [0.3, 0.4) is 0 Å². The molecule has 1 aromatic carbocycles. The molecule has 7 nitrogen and oxygen atoms in total. The van der Waals surface area contributed by atoms with Gasteiger partial charge in [-0.3, -0.25) is 4.90 Å². The summed E-state index contributed by atoms with van der Waals surface area (Å²) in [6.45, 7) is 8.63. The van der Waals surface area contributed by atoms with E-state index < -0.39 is 0 Å². The lowest BCUT2D eigenvalue weighted by Gasteiger charge is -2.42. The number of rotatable bonds is 9. The number of nitrogen functional groups attached to an aromatic ring is 1. The zero-order valence-electron chi connectivity index (χ0n) is 16.8. The third-order valence-corrected chi connectivity index (χ3v) is 5.69. The van der Waals surface area contributed by atoms with E-state index in [0.29, 0.717) is 24.0 Å². The van der Waals surface area contributed by atoms with E-state index in [9.17, 15) is 0 Å². The van der Waals surface area contributed by atoms with Crippen LogP contribution in [0.2, 0.25) is 5.02 Å². The molecule has 154 valence electrons. The summed E-state index contributed by atoms with van der Waals surface area (Å²) >= 11 is 6.05. The Morgan fingerprint density at radius 3 is 2.57 bits per heavy atom. The second kappa shape index (κ2) is 10.1. The first-order chi connectivity index (χ1) is 13.6. The molecule has 0 unspecified atom stereocenters. The SMILES string of the molecule is CCOC[C@@H](Cc1ccc(Cl)cc1)N(CC)C1CCN(c2n[nH]c(N)n2)CC1. The van der Waals surface area contributed by atoms with Gasteiger partial charge in [0.1, 0.15) is 0 Å². The minimum absolute atomic E-state index is 0.349. The van der Waals surface area contributed by atoms with Gasteiger partial charge in [-0.2, -0.15) is 4.98 Å². The number of aromatic nitrogens is 3. The highest BCUT2D eigenvalue weighted by Gasteiger charge is 2.30. The molecule has 1 atom stereocenters. The third kappa shape index (κ3) is 5.37. The second-order valence-corrected chi connectivity index (χ2v) is 7.65. The maximum Gasteiger partial charge on any atom is 0.246 e. The molecule has 0 bridgehead atoms. The Balaban J connectivity index is 1.64. The number of aromatic amines is 1. The lowest BCUT2D eigenvalue weighted by Crippen LogP contribution is -2.51. The fourth-order valence-electron chi connectivity index (χ4n) is 4.04. The van der Waals surface area contributed by atoms with Gasteiger partial charge in [0.2, 0.25) is 11.9 Å². The monoisotopic (exact) mass is 406 g/mol. The number of nitrogens with zero attached hydrogens (tertiary/aromatic N) is 4. The molecular formula is C20H31ClN6O. The Labute approximate surface area is 172 Å². The predicted molar refractivity (Wildman–Crippen MR) is 114 cm³/mol. The Bertz CT molecular complexity index is 714. The number of piperidine rings is 1. The number of nitrogens with two attached hydrogens (primary N) is 1. The number of ether oxygens (including phenoxy) is 1. The minimum atomic E-state index is 0.349. The highest BCUT2D eigenvalue weighted by atomic mass is 35.5. The van der Waals surface area contributed by atoms with E-state index in [2.05, 4.69) is 51.0 Å². The minimum Gasteiger partial charge on any atom is -0.380 e. The van der Waals surface area contributed by atoms with Crippen molar-refractivity contribution in [3.63, 3.8) is 0 Å². The topological polar surface area (TPSA) is 83.3 Å². The summed E-state index contributed by atoms with van der Waals surface area (Å²) in [5, 5.41) is 7.69. The van der Waals surface area contributed by atoms with Crippen molar-refractivity contribution in [3.05, 3.63) is 34.9 Å². The van der Waals surface area contributed by atoms with Crippen LogP contribution in [0.1, 0.15) is 32.3 Å². The molecule has 1 aliphatic rings. The molecule has 28 heavy (non-hydrogen) atoms. The molecule has 0 spiro atoms. The first kappa shape index (κ1) is 20.9. The number of anilines is 2. The van der Waals surface area contributed by atoms with E-state index in [1.54, 1.807) is 0 Å². The number of nitrogens with one attached hydrogen (secondary N) is 1. The Kier molecular flexibility index (Phi) is 7.53. The number of H-pyrrole nitrogens is 1. The van der Waals surface area contributed by atoms with Crippen molar-refractivity contribution in [1.29, 1.82) is 0 Å². The van der Waals surface area contributed by atoms with Gasteiger partial charge in [0.25, 0.3) is 0 Å². The van der Waals surface area contributed by atoms with Crippen molar-refractivity contribution in [3.8, 4) is 0 Å². The van der Waals surface area contributed by atoms with Gasteiger partial charge >= 0.3 is 0 Å². The lowest BCUT2D eigenvalue weighted by molar-refractivity contribution is 0.0386. The zero-order chi connectivity index (χ0) is 19.9. The maximum absolute atomic E-state index is 6.05. The van der Waals surface area contributed by atoms with Gasteiger partial charge in [-0.15, -0.1) is 5.10 Å². The molecule has 2 aromatic rings. The molecule has 8 heteroatoms. The lowest BCUT2D eigenvalue weighted by atomic mass is 9.98. The molecule has 1 saturated heterocycles. The average molecular weight is 407 g/mol. The molecule has 1 aromatic heterocycles. The number of benzene rings is 1. The summed E-state index contributed by atoms with van der Waals surface area (Å²) in [4.78, 5) is 9.06. The molecular weight excluding hydrogens is 376 g/mol. The van der Waals surface area contributed by atoms with E-state index in [4.69, 9.17) is 22.1 Å². The van der Waals surface area contributed by atoms with E-state index in [1.165, 1.54) is 5.56 Å². The Morgan fingerprint density at radius 2 is 2.00 bits per heavy atom. The summed E-state index contributed by atoms with van der Waals surface area (Å²) in [5.41, 5.74) is 6.96. The van der Waals surface area contributed by atoms with Crippen LogP contribution >= 0.6 is 11.6 Å². The van der Waals surface area contributed by atoms with E-state index >= 15 is 0 Å². The summed E-state index contributed by atoms with van der Waals surface area (Å²) < 4.78 is 5.84. The van der Waals surface area contributed by atoms with Gasteiger partial charge in [-0.1, -0.05) is 30.7 Å². The second-order valence-electron chi connectivity index (χ2n) is 7.21. The van der Waals surface area contributed by atoms with Crippen molar-refractivity contribution in [2.75, 3.05) is 43.5 Å². The van der Waals surface area contributed by atoms with Crippen LogP contribution in [-0.2, 0) is 11.2 Å². The van der Waals surface area contributed by atoms with E-state index in [-0.39, 0.29) is 0 Å². The number of likely N-dealkylation sites (N-methyl/N-ethyl adjacent to an activating group) is 1. The van der Waals surface area contributed by atoms with Gasteiger partial charge < -0.3 is 15.4 Å². The van der Waals surface area contributed by atoms with Crippen LogP contribution in [0.5, 0.6) is 0 Å².